The van der Waals surface area contributed by atoms with Crippen molar-refractivity contribution < 1.29 is 14.1 Å². The highest BCUT2D eigenvalue weighted by molar-refractivity contribution is 6.48. The van der Waals surface area contributed by atoms with Gasteiger partial charge in [-0.3, -0.25) is 4.79 Å². The molecule has 2 rings (SSSR count). The molecule has 2 fully saturated rings. The number of piperidine rings is 1. The zero-order chi connectivity index (χ0) is 12.0. The van der Waals surface area contributed by atoms with E-state index in [9.17, 15) is 4.79 Å². The van der Waals surface area contributed by atoms with Gasteiger partial charge in [-0.1, -0.05) is 0 Å². The van der Waals surface area contributed by atoms with Gasteiger partial charge in [-0.2, -0.15) is 0 Å². The van der Waals surface area contributed by atoms with Crippen molar-refractivity contribution in [2.24, 2.45) is 0 Å². The fraction of sp³-hybridized carbons (Fsp3) is 0.909. The zero-order valence-corrected chi connectivity index (χ0v) is 10.5. The molecule has 0 aromatic heterocycles. The van der Waals surface area contributed by atoms with Crippen LogP contribution < -0.4 is 5.32 Å². The smallest absolute Gasteiger partial charge is 0.402 e. The third-order valence-corrected chi connectivity index (χ3v) is 3.87. The molecular formula is C11H20BNO3. The van der Waals surface area contributed by atoms with Crippen LogP contribution in [0.1, 0.15) is 47.0 Å². The van der Waals surface area contributed by atoms with Crippen LogP contribution in [0.15, 0.2) is 0 Å². The van der Waals surface area contributed by atoms with E-state index in [0.29, 0.717) is 6.42 Å². The largest absolute Gasteiger partial charge is 0.481 e. The lowest BCUT2D eigenvalue weighted by Crippen LogP contribution is -2.50. The summed E-state index contributed by atoms with van der Waals surface area (Å²) < 4.78 is 11.8. The van der Waals surface area contributed by atoms with Crippen molar-refractivity contribution in [1.82, 2.24) is 5.32 Å². The molecule has 1 atom stereocenters. The van der Waals surface area contributed by atoms with Gasteiger partial charge in [0.2, 0.25) is 5.91 Å². The molecule has 5 heteroatoms. The summed E-state index contributed by atoms with van der Waals surface area (Å²) in [6.45, 7) is 8.10. The maximum Gasteiger partial charge on any atom is 0.481 e. The van der Waals surface area contributed by atoms with Crippen LogP contribution >= 0.6 is 0 Å². The van der Waals surface area contributed by atoms with Gasteiger partial charge >= 0.3 is 7.12 Å². The van der Waals surface area contributed by atoms with E-state index in [1.807, 2.05) is 27.7 Å². The van der Waals surface area contributed by atoms with Crippen LogP contribution in [0.25, 0.3) is 0 Å². The molecule has 0 radical (unpaired) electrons. The molecule has 2 heterocycles. The van der Waals surface area contributed by atoms with Crippen molar-refractivity contribution in [3.05, 3.63) is 0 Å². The molecule has 0 saturated carbocycles. The number of hydrogen-bond acceptors (Lipinski definition) is 3. The Balaban J connectivity index is 2.05. The molecule has 16 heavy (non-hydrogen) atoms. The second kappa shape index (κ2) is 3.74. The Morgan fingerprint density at radius 1 is 1.25 bits per heavy atom. The van der Waals surface area contributed by atoms with Crippen molar-refractivity contribution in [2.45, 2.75) is 64.1 Å². The lowest BCUT2D eigenvalue weighted by molar-refractivity contribution is -0.122. The molecule has 2 aliphatic rings. The van der Waals surface area contributed by atoms with Gasteiger partial charge in [0.05, 0.1) is 17.1 Å². The Kier molecular flexibility index (Phi) is 2.79. The van der Waals surface area contributed by atoms with Crippen LogP contribution in [-0.4, -0.2) is 30.2 Å². The van der Waals surface area contributed by atoms with Crippen LogP contribution in [0.3, 0.4) is 0 Å². The van der Waals surface area contributed by atoms with Crippen molar-refractivity contribution in [3.8, 4) is 0 Å². The van der Waals surface area contributed by atoms with Gasteiger partial charge in [-0.05, 0) is 40.5 Å². The number of amides is 1. The summed E-state index contributed by atoms with van der Waals surface area (Å²) in [7, 11) is -0.311. The second-order valence-electron chi connectivity index (χ2n) is 5.69. The average Bonchev–Trinajstić information content (AvgIpc) is 2.36. The van der Waals surface area contributed by atoms with E-state index in [1.54, 1.807) is 0 Å². The van der Waals surface area contributed by atoms with Crippen molar-refractivity contribution in [1.29, 1.82) is 0 Å². The third kappa shape index (κ3) is 1.98. The van der Waals surface area contributed by atoms with Gasteiger partial charge in [-0.15, -0.1) is 0 Å². The molecule has 4 nitrogen and oxygen atoms in total. The molecule has 1 unspecified atom stereocenters. The Morgan fingerprint density at radius 2 is 1.81 bits per heavy atom. The van der Waals surface area contributed by atoms with Crippen LogP contribution in [0.2, 0.25) is 0 Å². The predicted octanol–water partition coefficient (Wildman–Crippen LogP) is 1.29. The first-order valence-corrected chi connectivity index (χ1v) is 5.97. The Labute approximate surface area is 97.2 Å². The fourth-order valence-electron chi connectivity index (χ4n) is 2.09. The minimum atomic E-state index is -0.320. The lowest BCUT2D eigenvalue weighted by atomic mass is 9.74. The molecule has 2 aliphatic heterocycles. The van der Waals surface area contributed by atoms with E-state index < -0.39 is 0 Å². The van der Waals surface area contributed by atoms with Gasteiger partial charge in [0.1, 0.15) is 0 Å². The Hall–Kier alpha value is -0.545. The first-order chi connectivity index (χ1) is 7.32. The summed E-state index contributed by atoms with van der Waals surface area (Å²) in [5.74, 6) is 0.105. The number of hydrogen-bond donors (Lipinski definition) is 1. The standard InChI is InChI=1S/C11H20BNO3/c1-10(2)11(3,4)16-12(15-10)8-6-5-7-9(14)13-8/h8H,5-7H2,1-4H3,(H,13,14). The van der Waals surface area contributed by atoms with Gasteiger partial charge in [0, 0.05) is 6.42 Å². The van der Waals surface area contributed by atoms with Crippen LogP contribution in [0.5, 0.6) is 0 Å². The van der Waals surface area contributed by atoms with Crippen molar-refractivity contribution in [2.75, 3.05) is 0 Å². The van der Waals surface area contributed by atoms with Crippen LogP contribution in [-0.2, 0) is 14.1 Å². The molecular weight excluding hydrogens is 205 g/mol. The molecule has 1 N–H and O–H groups in total. The van der Waals surface area contributed by atoms with Gasteiger partial charge < -0.3 is 14.6 Å². The normalized spacial score (nSPS) is 32.6. The maximum absolute atomic E-state index is 11.3. The minimum absolute atomic E-state index is 0.00213. The summed E-state index contributed by atoms with van der Waals surface area (Å²) in [6, 6.07) is 0. The number of nitrogens with one attached hydrogen (secondary N) is 1. The first kappa shape index (κ1) is 11.9. The van der Waals surface area contributed by atoms with Gasteiger partial charge in [0.15, 0.2) is 0 Å². The van der Waals surface area contributed by atoms with Gasteiger partial charge in [-0.25, -0.2) is 0 Å². The van der Waals surface area contributed by atoms with E-state index in [-0.39, 0.29) is 30.2 Å². The summed E-state index contributed by atoms with van der Waals surface area (Å²) in [5.41, 5.74) is -0.639. The Bertz CT molecular complexity index is 288. The molecule has 1 amide bonds. The number of rotatable bonds is 1. The number of carbonyl (C=O) groups excluding carboxylic acids is 1. The monoisotopic (exact) mass is 225 g/mol. The van der Waals surface area contributed by atoms with E-state index in [4.69, 9.17) is 9.31 Å². The predicted molar refractivity (Wildman–Crippen MR) is 61.9 cm³/mol. The molecule has 0 aromatic carbocycles. The molecule has 0 bridgehead atoms. The summed E-state index contributed by atoms with van der Waals surface area (Å²) in [5, 5.41) is 2.94. The van der Waals surface area contributed by atoms with E-state index >= 15 is 0 Å². The lowest BCUT2D eigenvalue weighted by Gasteiger charge is -2.32. The number of carbonyl (C=O) groups is 1. The topological polar surface area (TPSA) is 47.6 Å². The first-order valence-electron chi connectivity index (χ1n) is 5.97. The van der Waals surface area contributed by atoms with E-state index in [2.05, 4.69) is 5.32 Å². The fourth-order valence-corrected chi connectivity index (χ4v) is 2.09. The second-order valence-corrected chi connectivity index (χ2v) is 5.69. The minimum Gasteiger partial charge on any atom is -0.402 e. The van der Waals surface area contributed by atoms with Gasteiger partial charge in [0.25, 0.3) is 0 Å². The highest BCUT2D eigenvalue weighted by Crippen LogP contribution is 2.38. The molecule has 2 saturated heterocycles. The maximum atomic E-state index is 11.3. The highest BCUT2D eigenvalue weighted by atomic mass is 16.7. The molecule has 0 aliphatic carbocycles. The quantitative estimate of drug-likeness (QED) is 0.684. The highest BCUT2D eigenvalue weighted by Gasteiger charge is 2.54. The summed E-state index contributed by atoms with van der Waals surface area (Å²) in [4.78, 5) is 11.3. The summed E-state index contributed by atoms with van der Waals surface area (Å²) >= 11 is 0. The van der Waals surface area contributed by atoms with E-state index in [0.717, 1.165) is 12.8 Å². The van der Waals surface area contributed by atoms with Crippen molar-refractivity contribution >= 4 is 13.0 Å². The Morgan fingerprint density at radius 3 is 2.31 bits per heavy atom. The molecule has 90 valence electrons. The molecule has 0 spiro atoms. The van der Waals surface area contributed by atoms with Crippen molar-refractivity contribution in [3.63, 3.8) is 0 Å². The third-order valence-electron chi connectivity index (χ3n) is 3.87. The van der Waals surface area contributed by atoms with Crippen LogP contribution in [0, 0.1) is 0 Å². The zero-order valence-electron chi connectivity index (χ0n) is 10.5. The molecule has 0 aromatic rings. The summed E-state index contributed by atoms with van der Waals surface area (Å²) in [6.07, 6.45) is 2.47. The SMILES string of the molecule is CC1(C)OB(C2CCCC(=O)N2)OC1(C)C. The average molecular weight is 225 g/mol. The van der Waals surface area contributed by atoms with Crippen LogP contribution in [0.4, 0.5) is 0 Å². The van der Waals surface area contributed by atoms with E-state index in [1.165, 1.54) is 0 Å².